The lowest BCUT2D eigenvalue weighted by Gasteiger charge is -2.34. The molecule has 2 aromatic carbocycles. The lowest BCUT2D eigenvalue weighted by Crippen LogP contribution is -2.22. The van der Waals surface area contributed by atoms with Gasteiger partial charge in [0.25, 0.3) is 0 Å². The highest BCUT2D eigenvalue weighted by atomic mass is 15.4. The minimum absolute atomic E-state index is 0.170. The molecule has 1 aliphatic rings. The maximum atomic E-state index is 4.53. The van der Waals surface area contributed by atoms with E-state index in [1.165, 1.54) is 22.3 Å². The van der Waals surface area contributed by atoms with Gasteiger partial charge in [-0.15, -0.1) is 5.10 Å². The molecule has 1 heterocycles. The van der Waals surface area contributed by atoms with Crippen LogP contribution in [0.25, 0.3) is 22.5 Å². The molecule has 122 valence electrons. The van der Waals surface area contributed by atoms with Gasteiger partial charge in [-0.05, 0) is 28.9 Å². The lowest BCUT2D eigenvalue weighted by molar-refractivity contribution is 0.318. The molecule has 4 rings (SSSR count). The minimum Gasteiger partial charge on any atom is -0.247 e. The summed E-state index contributed by atoms with van der Waals surface area (Å²) in [6.07, 6.45) is 1.03. The molecular weight excluding hydrogens is 294 g/mol. The summed E-state index contributed by atoms with van der Waals surface area (Å²) in [5.41, 5.74) is 7.50. The van der Waals surface area contributed by atoms with Crippen molar-refractivity contribution >= 4 is 0 Å². The highest BCUT2D eigenvalue weighted by molar-refractivity contribution is 5.82. The predicted molar refractivity (Wildman–Crippen MR) is 97.8 cm³/mol. The Morgan fingerprint density at radius 3 is 2.38 bits per heavy atom. The van der Waals surface area contributed by atoms with Gasteiger partial charge in [0.2, 0.25) is 0 Å². The molecule has 0 saturated heterocycles. The molecule has 0 aliphatic heterocycles. The van der Waals surface area contributed by atoms with E-state index in [-0.39, 0.29) is 5.41 Å². The molecule has 0 saturated carbocycles. The lowest BCUT2D eigenvalue weighted by atomic mass is 9.70. The minimum atomic E-state index is 0.170. The van der Waals surface area contributed by atoms with Crippen LogP contribution in [0.3, 0.4) is 0 Å². The molecule has 3 heteroatoms. The number of hydrogen-bond acceptors (Lipinski definition) is 2. The van der Waals surface area contributed by atoms with Crippen molar-refractivity contribution in [2.24, 2.45) is 12.5 Å². The van der Waals surface area contributed by atoms with Gasteiger partial charge in [-0.1, -0.05) is 74.5 Å². The Bertz CT molecular complexity index is 899. The normalized spacial score (nSPS) is 16.6. The average molecular weight is 317 g/mol. The van der Waals surface area contributed by atoms with E-state index >= 15 is 0 Å². The largest absolute Gasteiger partial charge is 0.247 e. The fourth-order valence-corrected chi connectivity index (χ4v) is 3.89. The Morgan fingerprint density at radius 1 is 0.958 bits per heavy atom. The molecule has 1 atom stereocenters. The van der Waals surface area contributed by atoms with Crippen molar-refractivity contribution in [3.05, 3.63) is 59.7 Å². The highest BCUT2D eigenvalue weighted by Crippen LogP contribution is 2.46. The van der Waals surface area contributed by atoms with E-state index in [0.717, 1.165) is 17.8 Å². The van der Waals surface area contributed by atoms with Crippen LogP contribution in [-0.4, -0.2) is 15.0 Å². The Labute approximate surface area is 143 Å². The first-order chi connectivity index (χ1) is 11.5. The Hall–Kier alpha value is -2.42. The molecule has 24 heavy (non-hydrogen) atoms. The first-order valence-electron chi connectivity index (χ1n) is 8.54. The summed E-state index contributed by atoms with van der Waals surface area (Å²) in [7, 11) is 1.98. The molecule has 0 amide bonds. The van der Waals surface area contributed by atoms with Crippen LogP contribution in [0.1, 0.15) is 37.8 Å². The molecule has 1 aliphatic carbocycles. The average Bonchev–Trinajstić information content (AvgIpc) is 2.91. The molecule has 0 spiro atoms. The second kappa shape index (κ2) is 5.30. The van der Waals surface area contributed by atoms with Gasteiger partial charge in [0.1, 0.15) is 5.69 Å². The van der Waals surface area contributed by atoms with Crippen LogP contribution >= 0.6 is 0 Å². The van der Waals surface area contributed by atoms with E-state index in [1.807, 2.05) is 11.7 Å². The second-order valence-electron chi connectivity index (χ2n) is 7.78. The molecule has 0 bridgehead atoms. The fraction of sp³-hybridized carbons (Fsp3) is 0.333. The van der Waals surface area contributed by atoms with Gasteiger partial charge in [-0.25, -0.2) is 4.68 Å². The Kier molecular flexibility index (Phi) is 3.34. The summed E-state index contributed by atoms with van der Waals surface area (Å²) in [5, 5.41) is 8.86. The number of hydrogen-bond donors (Lipinski definition) is 0. The standard InChI is InChI=1S/C21H23N3/c1-21(2,3)18-13-14-9-5-6-10-15(14)20-19(22-23-24(20)4)17-12-8-7-11-16(17)18/h5-12,18H,13H2,1-4H3. The molecular formula is C21H23N3. The third-order valence-corrected chi connectivity index (χ3v) is 5.16. The van der Waals surface area contributed by atoms with Crippen LogP contribution in [0.2, 0.25) is 0 Å². The van der Waals surface area contributed by atoms with Crippen LogP contribution < -0.4 is 0 Å². The second-order valence-corrected chi connectivity index (χ2v) is 7.78. The summed E-state index contributed by atoms with van der Waals surface area (Å²) in [6, 6.07) is 17.4. The van der Waals surface area contributed by atoms with Crippen LogP contribution in [0.5, 0.6) is 0 Å². The van der Waals surface area contributed by atoms with E-state index in [1.54, 1.807) is 0 Å². The molecule has 1 unspecified atom stereocenters. The van der Waals surface area contributed by atoms with Gasteiger partial charge < -0.3 is 0 Å². The molecule has 0 radical (unpaired) electrons. The zero-order valence-corrected chi connectivity index (χ0v) is 14.7. The first kappa shape index (κ1) is 15.1. The third kappa shape index (κ3) is 2.27. The predicted octanol–water partition coefficient (Wildman–Crippen LogP) is 4.83. The summed E-state index contributed by atoms with van der Waals surface area (Å²) in [6.45, 7) is 6.99. The zero-order chi connectivity index (χ0) is 16.9. The number of aryl methyl sites for hydroxylation is 1. The van der Waals surface area contributed by atoms with Gasteiger partial charge in [0, 0.05) is 18.2 Å². The third-order valence-electron chi connectivity index (χ3n) is 5.16. The highest BCUT2D eigenvalue weighted by Gasteiger charge is 2.33. The van der Waals surface area contributed by atoms with Gasteiger partial charge in [-0.3, -0.25) is 0 Å². The maximum absolute atomic E-state index is 4.53. The van der Waals surface area contributed by atoms with Crippen LogP contribution in [0, 0.1) is 5.41 Å². The van der Waals surface area contributed by atoms with E-state index in [9.17, 15) is 0 Å². The monoisotopic (exact) mass is 317 g/mol. The zero-order valence-electron chi connectivity index (χ0n) is 14.7. The van der Waals surface area contributed by atoms with E-state index in [2.05, 4.69) is 79.6 Å². The van der Waals surface area contributed by atoms with Gasteiger partial charge >= 0.3 is 0 Å². The number of nitrogens with zero attached hydrogens (tertiary/aromatic N) is 3. The van der Waals surface area contributed by atoms with Crippen molar-refractivity contribution in [2.45, 2.75) is 33.1 Å². The Balaban J connectivity index is 2.09. The fourth-order valence-electron chi connectivity index (χ4n) is 3.89. The van der Waals surface area contributed by atoms with E-state index in [4.69, 9.17) is 0 Å². The van der Waals surface area contributed by atoms with Crippen molar-refractivity contribution in [3.8, 4) is 22.5 Å². The maximum Gasteiger partial charge on any atom is 0.121 e. The smallest absolute Gasteiger partial charge is 0.121 e. The molecule has 0 fully saturated rings. The van der Waals surface area contributed by atoms with Crippen molar-refractivity contribution in [3.63, 3.8) is 0 Å². The Morgan fingerprint density at radius 2 is 1.62 bits per heavy atom. The number of fused-ring (bicyclic) bond motifs is 5. The number of benzene rings is 2. The van der Waals surface area contributed by atoms with Crippen LogP contribution in [0.4, 0.5) is 0 Å². The molecule has 1 aromatic heterocycles. The summed E-state index contributed by atoms with van der Waals surface area (Å²) < 4.78 is 1.91. The van der Waals surface area contributed by atoms with Crippen LogP contribution in [0.15, 0.2) is 48.5 Å². The topological polar surface area (TPSA) is 30.7 Å². The summed E-state index contributed by atoms with van der Waals surface area (Å²) >= 11 is 0. The van der Waals surface area contributed by atoms with Gasteiger partial charge in [-0.2, -0.15) is 0 Å². The van der Waals surface area contributed by atoms with Gasteiger partial charge in [0.15, 0.2) is 0 Å². The van der Waals surface area contributed by atoms with E-state index < -0.39 is 0 Å². The van der Waals surface area contributed by atoms with Crippen molar-refractivity contribution in [2.75, 3.05) is 0 Å². The molecule has 3 aromatic rings. The molecule has 3 nitrogen and oxygen atoms in total. The van der Waals surface area contributed by atoms with E-state index in [0.29, 0.717) is 5.92 Å². The van der Waals surface area contributed by atoms with Crippen LogP contribution in [-0.2, 0) is 13.5 Å². The first-order valence-corrected chi connectivity index (χ1v) is 8.54. The van der Waals surface area contributed by atoms with Crippen molar-refractivity contribution in [1.82, 2.24) is 15.0 Å². The summed E-state index contributed by atoms with van der Waals surface area (Å²) in [5.74, 6) is 0.435. The number of rotatable bonds is 0. The van der Waals surface area contributed by atoms with Gasteiger partial charge in [0.05, 0.1) is 5.69 Å². The number of aromatic nitrogens is 3. The summed E-state index contributed by atoms with van der Waals surface area (Å²) in [4.78, 5) is 0. The SMILES string of the molecule is Cn1nnc2c1-c1ccccc1CC(C(C)(C)C)c1ccccc1-2. The van der Waals surface area contributed by atoms with Crippen molar-refractivity contribution < 1.29 is 0 Å². The molecule has 0 N–H and O–H groups in total. The van der Waals surface area contributed by atoms with Crippen molar-refractivity contribution in [1.29, 1.82) is 0 Å². The quantitative estimate of drug-likeness (QED) is 0.594.